The molecule has 1 aliphatic rings. The molecule has 18 heavy (non-hydrogen) atoms. The molecule has 1 heterocycles. The minimum absolute atomic E-state index is 0.0176. The molecule has 2 atom stereocenters. The molecule has 3 heteroatoms. The van der Waals surface area contributed by atoms with Crippen LogP contribution in [0.3, 0.4) is 0 Å². The fourth-order valence-electron chi connectivity index (χ4n) is 2.01. The minimum Gasteiger partial charge on any atom is -0.459 e. The Kier molecular flexibility index (Phi) is 4.38. The largest absolute Gasteiger partial charge is 0.459 e. The Bertz CT molecular complexity index is 433. The van der Waals surface area contributed by atoms with Gasteiger partial charge in [0, 0.05) is 6.42 Å². The van der Waals surface area contributed by atoms with Crippen LogP contribution in [0.15, 0.2) is 30.3 Å². The SMILES string of the molecule is C#CCC1CCC(COC(=O)c2ccccc2)O1. The first-order chi connectivity index (χ1) is 8.79. The van der Waals surface area contributed by atoms with Gasteiger partial charge in [0.15, 0.2) is 0 Å². The highest BCUT2D eigenvalue weighted by Gasteiger charge is 2.25. The van der Waals surface area contributed by atoms with Gasteiger partial charge in [-0.2, -0.15) is 0 Å². The molecule has 2 unspecified atom stereocenters. The number of benzene rings is 1. The summed E-state index contributed by atoms with van der Waals surface area (Å²) in [5.41, 5.74) is 0.565. The summed E-state index contributed by atoms with van der Waals surface area (Å²) in [5.74, 6) is 2.28. The first kappa shape index (κ1) is 12.7. The summed E-state index contributed by atoms with van der Waals surface area (Å²) in [5, 5.41) is 0. The summed E-state index contributed by atoms with van der Waals surface area (Å²) in [6.07, 6.45) is 7.81. The number of esters is 1. The highest BCUT2D eigenvalue weighted by molar-refractivity contribution is 5.89. The van der Waals surface area contributed by atoms with Crippen molar-refractivity contribution in [3.8, 4) is 12.3 Å². The summed E-state index contributed by atoms with van der Waals surface area (Å²) in [7, 11) is 0. The van der Waals surface area contributed by atoms with Crippen molar-refractivity contribution in [1.29, 1.82) is 0 Å². The molecule has 0 aromatic heterocycles. The molecule has 0 radical (unpaired) electrons. The van der Waals surface area contributed by atoms with Crippen LogP contribution in [-0.4, -0.2) is 24.8 Å². The van der Waals surface area contributed by atoms with Crippen LogP contribution in [-0.2, 0) is 9.47 Å². The number of hydrogen-bond acceptors (Lipinski definition) is 3. The van der Waals surface area contributed by atoms with E-state index in [1.54, 1.807) is 12.1 Å². The molecule has 0 spiro atoms. The number of hydrogen-bond donors (Lipinski definition) is 0. The molecule has 2 rings (SSSR count). The quantitative estimate of drug-likeness (QED) is 0.602. The molecule has 1 saturated heterocycles. The monoisotopic (exact) mass is 244 g/mol. The minimum atomic E-state index is -0.306. The maximum atomic E-state index is 11.7. The van der Waals surface area contributed by atoms with Gasteiger partial charge in [-0.25, -0.2) is 4.79 Å². The standard InChI is InChI=1S/C15H16O3/c1-2-6-13-9-10-14(18-13)11-17-15(16)12-7-4-3-5-8-12/h1,3-5,7-8,13-14H,6,9-11H2. The Hall–Kier alpha value is -1.79. The van der Waals surface area contributed by atoms with Crippen molar-refractivity contribution in [3.05, 3.63) is 35.9 Å². The summed E-state index contributed by atoms with van der Waals surface area (Å²) in [4.78, 5) is 11.7. The Morgan fingerprint density at radius 1 is 1.33 bits per heavy atom. The van der Waals surface area contributed by atoms with Crippen molar-refractivity contribution in [1.82, 2.24) is 0 Å². The molecule has 94 valence electrons. The van der Waals surface area contributed by atoms with Gasteiger partial charge >= 0.3 is 5.97 Å². The second-order valence-electron chi connectivity index (χ2n) is 4.33. The van der Waals surface area contributed by atoms with E-state index in [2.05, 4.69) is 5.92 Å². The molecule has 0 N–H and O–H groups in total. The molecule has 1 aliphatic heterocycles. The van der Waals surface area contributed by atoms with Crippen molar-refractivity contribution in [2.45, 2.75) is 31.5 Å². The lowest BCUT2D eigenvalue weighted by Gasteiger charge is -2.12. The molecule has 3 nitrogen and oxygen atoms in total. The van der Waals surface area contributed by atoms with E-state index in [1.807, 2.05) is 18.2 Å². The third-order valence-corrected chi connectivity index (χ3v) is 2.95. The van der Waals surface area contributed by atoms with E-state index in [0.29, 0.717) is 18.6 Å². The predicted octanol–water partition coefficient (Wildman–Crippen LogP) is 2.41. The van der Waals surface area contributed by atoms with E-state index < -0.39 is 0 Å². The highest BCUT2D eigenvalue weighted by Crippen LogP contribution is 2.22. The first-order valence-electron chi connectivity index (χ1n) is 6.10. The maximum absolute atomic E-state index is 11.7. The van der Waals surface area contributed by atoms with E-state index in [0.717, 1.165) is 12.8 Å². The third kappa shape index (κ3) is 3.35. The first-order valence-corrected chi connectivity index (χ1v) is 6.10. The average molecular weight is 244 g/mol. The Morgan fingerprint density at radius 3 is 2.78 bits per heavy atom. The van der Waals surface area contributed by atoms with Crippen LogP contribution in [0.1, 0.15) is 29.6 Å². The zero-order valence-corrected chi connectivity index (χ0v) is 10.2. The molecule has 1 fully saturated rings. The Morgan fingerprint density at radius 2 is 2.06 bits per heavy atom. The molecule has 1 aromatic carbocycles. The van der Waals surface area contributed by atoms with Crippen molar-refractivity contribution >= 4 is 5.97 Å². The number of terminal acetylenes is 1. The highest BCUT2D eigenvalue weighted by atomic mass is 16.6. The lowest BCUT2D eigenvalue weighted by molar-refractivity contribution is -0.00600. The Balaban J connectivity index is 1.76. The fraction of sp³-hybridized carbons (Fsp3) is 0.400. The van der Waals surface area contributed by atoms with Gasteiger partial charge in [-0.15, -0.1) is 12.3 Å². The van der Waals surface area contributed by atoms with Gasteiger partial charge < -0.3 is 9.47 Å². The van der Waals surface area contributed by atoms with E-state index in [1.165, 1.54) is 0 Å². The van der Waals surface area contributed by atoms with Gasteiger partial charge in [-0.1, -0.05) is 18.2 Å². The molecule has 1 aromatic rings. The van der Waals surface area contributed by atoms with Gasteiger partial charge in [0.2, 0.25) is 0 Å². The predicted molar refractivity (Wildman–Crippen MR) is 68.1 cm³/mol. The lowest BCUT2D eigenvalue weighted by atomic mass is 10.1. The second-order valence-corrected chi connectivity index (χ2v) is 4.33. The fourth-order valence-corrected chi connectivity index (χ4v) is 2.01. The number of rotatable bonds is 4. The van der Waals surface area contributed by atoms with Crippen molar-refractivity contribution < 1.29 is 14.3 Å². The summed E-state index contributed by atoms with van der Waals surface area (Å²) in [6, 6.07) is 8.95. The molecule has 0 amide bonds. The summed E-state index contributed by atoms with van der Waals surface area (Å²) in [6.45, 7) is 0.300. The van der Waals surface area contributed by atoms with Crippen LogP contribution in [0, 0.1) is 12.3 Å². The van der Waals surface area contributed by atoms with Crippen LogP contribution in [0.4, 0.5) is 0 Å². The molecule has 0 bridgehead atoms. The van der Waals surface area contributed by atoms with Crippen LogP contribution >= 0.6 is 0 Å². The Labute approximate surface area is 107 Å². The van der Waals surface area contributed by atoms with Crippen LogP contribution in [0.5, 0.6) is 0 Å². The topological polar surface area (TPSA) is 35.5 Å². The molecule has 0 saturated carbocycles. The zero-order valence-electron chi connectivity index (χ0n) is 10.2. The van der Waals surface area contributed by atoms with Crippen molar-refractivity contribution in [3.63, 3.8) is 0 Å². The number of ether oxygens (including phenoxy) is 2. The van der Waals surface area contributed by atoms with Gasteiger partial charge in [-0.05, 0) is 25.0 Å². The second kappa shape index (κ2) is 6.23. The molecule has 0 aliphatic carbocycles. The third-order valence-electron chi connectivity index (χ3n) is 2.95. The average Bonchev–Trinajstić information content (AvgIpc) is 2.85. The van der Waals surface area contributed by atoms with E-state index in [-0.39, 0.29) is 18.2 Å². The van der Waals surface area contributed by atoms with Gasteiger partial charge in [0.1, 0.15) is 6.61 Å². The van der Waals surface area contributed by atoms with E-state index in [9.17, 15) is 4.79 Å². The van der Waals surface area contributed by atoms with E-state index >= 15 is 0 Å². The van der Waals surface area contributed by atoms with Crippen LogP contribution in [0.25, 0.3) is 0 Å². The van der Waals surface area contributed by atoms with Gasteiger partial charge in [0.25, 0.3) is 0 Å². The summed E-state index contributed by atoms with van der Waals surface area (Å²) < 4.78 is 10.9. The maximum Gasteiger partial charge on any atom is 0.338 e. The lowest BCUT2D eigenvalue weighted by Crippen LogP contribution is -2.19. The van der Waals surface area contributed by atoms with Gasteiger partial charge in [0.05, 0.1) is 17.8 Å². The normalized spacial score (nSPS) is 22.4. The zero-order chi connectivity index (χ0) is 12.8. The van der Waals surface area contributed by atoms with Crippen LogP contribution < -0.4 is 0 Å². The number of carbonyl (C=O) groups is 1. The van der Waals surface area contributed by atoms with E-state index in [4.69, 9.17) is 15.9 Å². The van der Waals surface area contributed by atoms with Crippen molar-refractivity contribution in [2.75, 3.05) is 6.61 Å². The molecular formula is C15H16O3. The van der Waals surface area contributed by atoms with Crippen LogP contribution in [0.2, 0.25) is 0 Å². The van der Waals surface area contributed by atoms with Crippen molar-refractivity contribution in [2.24, 2.45) is 0 Å². The molecular weight excluding hydrogens is 228 g/mol. The summed E-state index contributed by atoms with van der Waals surface area (Å²) >= 11 is 0. The number of carbonyl (C=O) groups excluding carboxylic acids is 1. The smallest absolute Gasteiger partial charge is 0.338 e. The van der Waals surface area contributed by atoms with Gasteiger partial charge in [-0.3, -0.25) is 0 Å².